The van der Waals surface area contributed by atoms with Crippen LogP contribution in [0.4, 0.5) is 4.39 Å². The zero-order chi connectivity index (χ0) is 17.1. The Labute approximate surface area is 139 Å². The molecule has 1 aliphatic rings. The van der Waals surface area contributed by atoms with Crippen molar-refractivity contribution in [2.24, 2.45) is 0 Å². The summed E-state index contributed by atoms with van der Waals surface area (Å²) in [6, 6.07) is 12.6. The number of piperidine rings is 1. The van der Waals surface area contributed by atoms with E-state index in [0.717, 1.165) is 18.4 Å². The number of benzene rings is 2. The molecule has 5 heteroatoms. The first-order valence-corrected chi connectivity index (χ1v) is 7.92. The summed E-state index contributed by atoms with van der Waals surface area (Å²) in [4.78, 5) is 25.4. The van der Waals surface area contributed by atoms with Crippen molar-refractivity contribution in [2.75, 3.05) is 13.1 Å². The number of carboxylic acid groups (broad SMARTS) is 1. The number of likely N-dealkylation sites (tertiary alicyclic amines) is 1. The monoisotopic (exact) mass is 327 g/mol. The van der Waals surface area contributed by atoms with Gasteiger partial charge in [0.05, 0.1) is 5.56 Å². The summed E-state index contributed by atoms with van der Waals surface area (Å²) in [6.07, 6.45) is 1.74. The smallest absolute Gasteiger partial charge is 0.335 e. The Morgan fingerprint density at radius 2 is 1.83 bits per heavy atom. The molecule has 2 aromatic carbocycles. The molecule has 0 bridgehead atoms. The molecule has 1 saturated heterocycles. The second kappa shape index (κ2) is 6.83. The molecule has 0 saturated carbocycles. The maximum atomic E-state index is 13.3. The van der Waals surface area contributed by atoms with E-state index in [1.54, 1.807) is 29.2 Å². The molecule has 3 rings (SSSR count). The second-order valence-corrected chi connectivity index (χ2v) is 6.03. The number of hydrogen-bond donors (Lipinski definition) is 1. The summed E-state index contributed by atoms with van der Waals surface area (Å²) in [7, 11) is 0. The molecule has 124 valence electrons. The summed E-state index contributed by atoms with van der Waals surface area (Å²) >= 11 is 0. The standard InChI is InChI=1S/C19H18FNO3/c20-17-8-2-5-14(11-17)18(22)21-9-3-7-16(12-21)13-4-1-6-15(10-13)19(23)24/h1-2,4-6,8,10-11,16H,3,7,9,12H2,(H,23,24). The Balaban J connectivity index is 1.78. The lowest BCUT2D eigenvalue weighted by Gasteiger charge is -2.33. The Morgan fingerprint density at radius 1 is 1.08 bits per heavy atom. The zero-order valence-electron chi connectivity index (χ0n) is 13.1. The number of rotatable bonds is 3. The number of aromatic carboxylic acids is 1. The van der Waals surface area contributed by atoms with Gasteiger partial charge in [-0.25, -0.2) is 9.18 Å². The number of hydrogen-bond acceptors (Lipinski definition) is 2. The highest BCUT2D eigenvalue weighted by atomic mass is 19.1. The molecule has 1 fully saturated rings. The molecule has 0 radical (unpaired) electrons. The van der Waals surface area contributed by atoms with Crippen molar-refractivity contribution in [3.8, 4) is 0 Å². The largest absolute Gasteiger partial charge is 0.478 e. The highest BCUT2D eigenvalue weighted by Crippen LogP contribution is 2.28. The van der Waals surface area contributed by atoms with Crippen LogP contribution in [0.25, 0.3) is 0 Å². The number of nitrogens with zero attached hydrogens (tertiary/aromatic N) is 1. The quantitative estimate of drug-likeness (QED) is 0.938. The van der Waals surface area contributed by atoms with Crippen molar-refractivity contribution < 1.29 is 19.1 Å². The summed E-state index contributed by atoms with van der Waals surface area (Å²) in [5, 5.41) is 9.12. The van der Waals surface area contributed by atoms with Crippen molar-refractivity contribution in [1.29, 1.82) is 0 Å². The third-order valence-electron chi connectivity index (χ3n) is 4.39. The average molecular weight is 327 g/mol. The van der Waals surface area contributed by atoms with Gasteiger partial charge in [0.2, 0.25) is 0 Å². The lowest BCUT2D eigenvalue weighted by atomic mass is 9.89. The zero-order valence-corrected chi connectivity index (χ0v) is 13.1. The Morgan fingerprint density at radius 3 is 2.58 bits per heavy atom. The van der Waals surface area contributed by atoms with Crippen LogP contribution in [0.3, 0.4) is 0 Å². The molecular weight excluding hydrogens is 309 g/mol. The molecule has 0 aliphatic carbocycles. The van der Waals surface area contributed by atoms with Crippen molar-refractivity contribution in [3.05, 3.63) is 71.0 Å². The van der Waals surface area contributed by atoms with Gasteiger partial charge in [0.15, 0.2) is 0 Å². The Bertz CT molecular complexity index is 775. The molecule has 2 aromatic rings. The third-order valence-corrected chi connectivity index (χ3v) is 4.39. The molecule has 1 amide bonds. The van der Waals surface area contributed by atoms with Crippen LogP contribution in [-0.4, -0.2) is 35.0 Å². The van der Waals surface area contributed by atoms with Crippen molar-refractivity contribution >= 4 is 11.9 Å². The maximum absolute atomic E-state index is 13.3. The van der Waals surface area contributed by atoms with Crippen LogP contribution in [0.2, 0.25) is 0 Å². The fraction of sp³-hybridized carbons (Fsp3) is 0.263. The van der Waals surface area contributed by atoms with E-state index in [2.05, 4.69) is 0 Å². The molecular formula is C19H18FNO3. The SMILES string of the molecule is O=C(O)c1cccc(C2CCCN(C(=O)c3cccc(F)c3)C2)c1. The molecule has 0 aromatic heterocycles. The molecule has 1 N–H and O–H groups in total. The molecule has 0 spiro atoms. The van der Waals surface area contributed by atoms with Gasteiger partial charge in [-0.15, -0.1) is 0 Å². The lowest BCUT2D eigenvalue weighted by molar-refractivity contribution is 0.0687. The van der Waals surface area contributed by atoms with E-state index in [4.69, 9.17) is 5.11 Å². The van der Waals surface area contributed by atoms with E-state index < -0.39 is 11.8 Å². The fourth-order valence-corrected chi connectivity index (χ4v) is 3.16. The van der Waals surface area contributed by atoms with E-state index in [1.165, 1.54) is 18.2 Å². The summed E-state index contributed by atoms with van der Waals surface area (Å²) in [6.45, 7) is 1.14. The van der Waals surface area contributed by atoms with Gasteiger partial charge in [0.1, 0.15) is 5.82 Å². The van der Waals surface area contributed by atoms with Crippen LogP contribution >= 0.6 is 0 Å². The van der Waals surface area contributed by atoms with Gasteiger partial charge in [0, 0.05) is 24.6 Å². The number of carbonyl (C=O) groups excluding carboxylic acids is 1. The van der Waals surface area contributed by atoms with Crippen molar-refractivity contribution in [2.45, 2.75) is 18.8 Å². The van der Waals surface area contributed by atoms with Crippen LogP contribution in [-0.2, 0) is 0 Å². The molecule has 1 atom stereocenters. The van der Waals surface area contributed by atoms with Gasteiger partial charge in [0.25, 0.3) is 5.91 Å². The summed E-state index contributed by atoms with van der Waals surface area (Å²) in [5.74, 6) is -1.48. The van der Waals surface area contributed by atoms with E-state index in [0.29, 0.717) is 18.7 Å². The van der Waals surface area contributed by atoms with E-state index in [1.807, 2.05) is 6.07 Å². The van der Waals surface area contributed by atoms with Crippen molar-refractivity contribution in [1.82, 2.24) is 4.90 Å². The lowest BCUT2D eigenvalue weighted by Crippen LogP contribution is -2.39. The predicted octanol–water partition coefficient (Wildman–Crippen LogP) is 3.54. The Hall–Kier alpha value is -2.69. The second-order valence-electron chi connectivity index (χ2n) is 6.03. The van der Waals surface area contributed by atoms with Crippen molar-refractivity contribution in [3.63, 3.8) is 0 Å². The summed E-state index contributed by atoms with van der Waals surface area (Å²) in [5.41, 5.74) is 1.52. The third kappa shape index (κ3) is 3.45. The van der Waals surface area contributed by atoms with Gasteiger partial charge in [-0.1, -0.05) is 18.2 Å². The van der Waals surface area contributed by atoms with Gasteiger partial charge < -0.3 is 10.0 Å². The molecule has 4 nitrogen and oxygen atoms in total. The minimum Gasteiger partial charge on any atom is -0.478 e. The molecule has 1 aliphatic heterocycles. The van der Waals surface area contributed by atoms with Crippen LogP contribution in [0.1, 0.15) is 45.0 Å². The average Bonchev–Trinajstić information content (AvgIpc) is 2.61. The summed E-state index contributed by atoms with van der Waals surface area (Å²) < 4.78 is 13.3. The van der Waals surface area contributed by atoms with Gasteiger partial charge in [-0.3, -0.25) is 4.79 Å². The minimum absolute atomic E-state index is 0.0931. The Kier molecular flexibility index (Phi) is 4.60. The molecule has 24 heavy (non-hydrogen) atoms. The number of carboxylic acids is 1. The first-order chi connectivity index (χ1) is 11.5. The molecule has 1 unspecified atom stereocenters. The number of carbonyl (C=O) groups is 2. The van der Waals surface area contributed by atoms with E-state index in [-0.39, 0.29) is 17.4 Å². The highest BCUT2D eigenvalue weighted by Gasteiger charge is 2.26. The topological polar surface area (TPSA) is 57.6 Å². The normalized spacial score (nSPS) is 17.5. The van der Waals surface area contributed by atoms with Gasteiger partial charge in [-0.05, 0) is 48.7 Å². The maximum Gasteiger partial charge on any atom is 0.335 e. The first kappa shape index (κ1) is 16.2. The van der Waals surface area contributed by atoms with Crippen LogP contribution in [0.5, 0.6) is 0 Å². The fourth-order valence-electron chi connectivity index (χ4n) is 3.16. The predicted molar refractivity (Wildman–Crippen MR) is 87.7 cm³/mol. The van der Waals surface area contributed by atoms with E-state index >= 15 is 0 Å². The van der Waals surface area contributed by atoms with Gasteiger partial charge >= 0.3 is 5.97 Å². The highest BCUT2D eigenvalue weighted by molar-refractivity contribution is 5.94. The van der Waals surface area contributed by atoms with E-state index in [9.17, 15) is 14.0 Å². The minimum atomic E-state index is -0.958. The van der Waals surface area contributed by atoms with Gasteiger partial charge in [-0.2, -0.15) is 0 Å². The molecule has 1 heterocycles. The van der Waals surface area contributed by atoms with Crippen LogP contribution < -0.4 is 0 Å². The number of amides is 1. The first-order valence-electron chi connectivity index (χ1n) is 7.92. The number of halogens is 1. The van der Waals surface area contributed by atoms with Crippen LogP contribution in [0, 0.1) is 5.82 Å². The van der Waals surface area contributed by atoms with Crippen LogP contribution in [0.15, 0.2) is 48.5 Å².